The molecule has 1 aromatic heterocycles. The number of hydrogen-bond donors (Lipinski definition) is 1. The maximum absolute atomic E-state index is 13.1. The van der Waals surface area contributed by atoms with Crippen LogP contribution in [0.3, 0.4) is 0 Å². The first-order valence-corrected chi connectivity index (χ1v) is 7.94. The maximum Gasteiger partial charge on any atom is 0.417 e. The zero-order valence-corrected chi connectivity index (χ0v) is 13.7. The van der Waals surface area contributed by atoms with Crippen LogP contribution in [0.25, 0.3) is 0 Å². The highest BCUT2D eigenvalue weighted by atomic mass is 19.4. The molecule has 2 aromatic carbocycles. The van der Waals surface area contributed by atoms with Crippen molar-refractivity contribution < 1.29 is 18.0 Å². The molecule has 0 aliphatic rings. The molecular weight excluding hydrogens is 343 g/mol. The molecule has 1 heterocycles. The fraction of sp³-hybridized carbons (Fsp3) is 0.158. The van der Waals surface area contributed by atoms with Crippen LogP contribution in [0.1, 0.15) is 27.0 Å². The molecule has 3 rings (SSSR count). The van der Waals surface area contributed by atoms with Crippen LogP contribution in [0.15, 0.2) is 67.0 Å². The highest BCUT2D eigenvalue weighted by Gasteiger charge is 2.34. The van der Waals surface area contributed by atoms with Crippen molar-refractivity contribution in [3.63, 3.8) is 0 Å². The van der Waals surface area contributed by atoms with E-state index >= 15 is 0 Å². The lowest BCUT2D eigenvalue weighted by Crippen LogP contribution is -2.26. The first kappa shape index (κ1) is 17.7. The van der Waals surface area contributed by atoms with Gasteiger partial charge in [-0.05, 0) is 29.3 Å². The number of aromatic nitrogens is 2. The Balaban J connectivity index is 1.75. The van der Waals surface area contributed by atoms with Gasteiger partial charge >= 0.3 is 6.18 Å². The van der Waals surface area contributed by atoms with Gasteiger partial charge in [0.2, 0.25) is 0 Å². The summed E-state index contributed by atoms with van der Waals surface area (Å²) in [6, 6.07) is 14.0. The van der Waals surface area contributed by atoms with E-state index in [0.717, 1.165) is 17.2 Å². The Labute approximate surface area is 148 Å². The van der Waals surface area contributed by atoms with E-state index in [-0.39, 0.29) is 12.1 Å². The Hall–Kier alpha value is -3.09. The second-order valence-electron chi connectivity index (χ2n) is 5.70. The lowest BCUT2D eigenvalue weighted by Gasteiger charge is -2.14. The van der Waals surface area contributed by atoms with Gasteiger partial charge in [-0.2, -0.15) is 18.3 Å². The lowest BCUT2D eigenvalue weighted by molar-refractivity contribution is -0.137. The SMILES string of the molecule is O=C(NCc1ccccc1Cn1cccn1)c1ccccc1C(F)(F)F. The molecule has 0 spiro atoms. The van der Waals surface area contributed by atoms with Gasteiger partial charge in [-0.3, -0.25) is 9.48 Å². The molecule has 0 bridgehead atoms. The molecule has 0 saturated heterocycles. The van der Waals surface area contributed by atoms with Gasteiger partial charge in [-0.25, -0.2) is 0 Å². The molecule has 1 amide bonds. The summed E-state index contributed by atoms with van der Waals surface area (Å²) in [6.45, 7) is 0.640. The van der Waals surface area contributed by atoms with E-state index < -0.39 is 17.6 Å². The highest BCUT2D eigenvalue weighted by Crippen LogP contribution is 2.31. The van der Waals surface area contributed by atoms with Crippen LogP contribution < -0.4 is 5.32 Å². The number of carbonyl (C=O) groups excluding carboxylic acids is 1. The third kappa shape index (κ3) is 4.11. The molecule has 134 valence electrons. The summed E-state index contributed by atoms with van der Waals surface area (Å²) in [5, 5.41) is 6.72. The van der Waals surface area contributed by atoms with Gasteiger partial charge in [-0.15, -0.1) is 0 Å². The van der Waals surface area contributed by atoms with E-state index in [1.165, 1.54) is 18.2 Å². The van der Waals surface area contributed by atoms with E-state index in [1.807, 2.05) is 30.5 Å². The molecule has 0 radical (unpaired) electrons. The van der Waals surface area contributed by atoms with Crippen LogP contribution in [-0.2, 0) is 19.3 Å². The summed E-state index contributed by atoms with van der Waals surface area (Å²) in [4.78, 5) is 12.3. The summed E-state index contributed by atoms with van der Waals surface area (Å²) in [5.41, 5.74) is 0.424. The van der Waals surface area contributed by atoms with Crippen molar-refractivity contribution in [2.24, 2.45) is 0 Å². The average Bonchev–Trinajstić information content (AvgIpc) is 3.13. The number of rotatable bonds is 5. The van der Waals surface area contributed by atoms with Gasteiger partial charge in [0.1, 0.15) is 0 Å². The fourth-order valence-electron chi connectivity index (χ4n) is 2.65. The van der Waals surface area contributed by atoms with Crippen molar-refractivity contribution in [1.29, 1.82) is 0 Å². The number of benzene rings is 2. The molecule has 0 unspecified atom stereocenters. The van der Waals surface area contributed by atoms with Crippen LogP contribution >= 0.6 is 0 Å². The van der Waals surface area contributed by atoms with Crippen LogP contribution in [-0.4, -0.2) is 15.7 Å². The third-order valence-corrected chi connectivity index (χ3v) is 3.93. The Kier molecular flexibility index (Phi) is 5.06. The molecule has 1 N–H and O–H groups in total. The molecule has 3 aromatic rings. The number of halogens is 3. The van der Waals surface area contributed by atoms with Crippen LogP contribution in [0.2, 0.25) is 0 Å². The highest BCUT2D eigenvalue weighted by molar-refractivity contribution is 5.95. The van der Waals surface area contributed by atoms with Crippen LogP contribution in [0.4, 0.5) is 13.2 Å². The quantitative estimate of drug-likeness (QED) is 0.752. The molecule has 0 aliphatic heterocycles. The van der Waals surface area contributed by atoms with Crippen LogP contribution in [0.5, 0.6) is 0 Å². The van der Waals surface area contributed by atoms with E-state index in [4.69, 9.17) is 0 Å². The van der Waals surface area contributed by atoms with Crippen LogP contribution in [0, 0.1) is 0 Å². The van der Waals surface area contributed by atoms with E-state index in [0.29, 0.717) is 6.54 Å². The van der Waals surface area contributed by atoms with Crippen molar-refractivity contribution >= 4 is 5.91 Å². The predicted octanol–water partition coefficient (Wildman–Crippen LogP) is 3.88. The second kappa shape index (κ2) is 7.43. The number of hydrogen-bond acceptors (Lipinski definition) is 2. The number of nitrogens with one attached hydrogen (secondary N) is 1. The summed E-state index contributed by atoms with van der Waals surface area (Å²) < 4.78 is 40.9. The molecule has 0 fully saturated rings. The third-order valence-electron chi connectivity index (χ3n) is 3.93. The molecule has 26 heavy (non-hydrogen) atoms. The predicted molar refractivity (Wildman–Crippen MR) is 90.4 cm³/mol. The number of amides is 1. The minimum Gasteiger partial charge on any atom is -0.348 e. The van der Waals surface area contributed by atoms with Crippen molar-refractivity contribution in [3.8, 4) is 0 Å². The molecule has 0 saturated carbocycles. The van der Waals surface area contributed by atoms with Crippen molar-refractivity contribution in [2.75, 3.05) is 0 Å². The zero-order valence-electron chi connectivity index (χ0n) is 13.7. The zero-order chi connectivity index (χ0) is 18.6. The van der Waals surface area contributed by atoms with E-state index in [1.54, 1.807) is 16.9 Å². The standard InChI is InChI=1S/C19H16F3N3O/c20-19(21,22)17-9-4-3-8-16(17)18(26)23-12-14-6-1-2-7-15(14)13-25-11-5-10-24-25/h1-11H,12-13H2,(H,23,26). The smallest absolute Gasteiger partial charge is 0.348 e. The molecular formula is C19H16F3N3O. The Morgan fingerprint density at radius 3 is 2.38 bits per heavy atom. The normalized spacial score (nSPS) is 11.3. The van der Waals surface area contributed by atoms with Crippen molar-refractivity contribution in [1.82, 2.24) is 15.1 Å². The molecule has 0 atom stereocenters. The monoisotopic (exact) mass is 359 g/mol. The first-order valence-electron chi connectivity index (χ1n) is 7.94. The number of alkyl halides is 3. The summed E-state index contributed by atoms with van der Waals surface area (Å²) in [6.07, 6.45) is -1.10. The molecule has 0 aliphatic carbocycles. The Morgan fingerprint density at radius 2 is 1.69 bits per heavy atom. The van der Waals surface area contributed by atoms with Crippen molar-refractivity contribution in [3.05, 3.63) is 89.2 Å². The van der Waals surface area contributed by atoms with Crippen molar-refractivity contribution in [2.45, 2.75) is 19.3 Å². The largest absolute Gasteiger partial charge is 0.417 e. The van der Waals surface area contributed by atoms with Gasteiger partial charge in [-0.1, -0.05) is 36.4 Å². The Bertz CT molecular complexity index is 889. The summed E-state index contributed by atoms with van der Waals surface area (Å²) in [5.74, 6) is -0.758. The van der Waals surface area contributed by atoms with Gasteiger partial charge in [0.25, 0.3) is 5.91 Å². The second-order valence-corrected chi connectivity index (χ2v) is 5.70. The summed E-state index contributed by atoms with van der Waals surface area (Å²) in [7, 11) is 0. The van der Waals surface area contributed by atoms with Gasteiger partial charge in [0.15, 0.2) is 0 Å². The number of carbonyl (C=O) groups is 1. The Morgan fingerprint density at radius 1 is 1.00 bits per heavy atom. The van der Waals surface area contributed by atoms with Gasteiger partial charge in [0.05, 0.1) is 17.7 Å². The number of nitrogens with zero attached hydrogens (tertiary/aromatic N) is 2. The molecule has 4 nitrogen and oxygen atoms in total. The van der Waals surface area contributed by atoms with Gasteiger partial charge in [0, 0.05) is 18.9 Å². The lowest BCUT2D eigenvalue weighted by atomic mass is 10.1. The maximum atomic E-state index is 13.1. The van der Waals surface area contributed by atoms with E-state index in [9.17, 15) is 18.0 Å². The van der Waals surface area contributed by atoms with E-state index in [2.05, 4.69) is 10.4 Å². The fourth-order valence-corrected chi connectivity index (χ4v) is 2.65. The minimum absolute atomic E-state index is 0.127. The average molecular weight is 359 g/mol. The minimum atomic E-state index is -4.58. The van der Waals surface area contributed by atoms with Gasteiger partial charge < -0.3 is 5.32 Å². The molecule has 7 heteroatoms. The topological polar surface area (TPSA) is 46.9 Å². The summed E-state index contributed by atoms with van der Waals surface area (Å²) >= 11 is 0. The first-order chi connectivity index (χ1) is 12.4.